The van der Waals surface area contributed by atoms with Gasteiger partial charge in [-0.2, -0.15) is 5.26 Å². The van der Waals surface area contributed by atoms with Crippen molar-refractivity contribution in [3.63, 3.8) is 0 Å². The molecule has 0 amide bonds. The van der Waals surface area contributed by atoms with Crippen LogP contribution >= 0.6 is 11.6 Å². The Labute approximate surface area is 50.1 Å². The third-order valence-electron chi connectivity index (χ3n) is 0.326. The van der Waals surface area contributed by atoms with Gasteiger partial charge in [-0.1, -0.05) is 11.6 Å². The van der Waals surface area contributed by atoms with Gasteiger partial charge in [0.25, 0.3) is 6.20 Å². The Hall–Kier alpha value is -1.08. The monoisotopic (exact) mass is 132 g/mol. The number of rotatable bonds is 1. The maximum Gasteiger partial charge on any atom is 0.263 e. The van der Waals surface area contributed by atoms with E-state index in [2.05, 4.69) is 0 Å². The van der Waals surface area contributed by atoms with E-state index in [1.165, 1.54) is 6.07 Å². The minimum Gasteiger partial charge on any atom is -0.259 e. The van der Waals surface area contributed by atoms with Crippen LogP contribution in [0.15, 0.2) is 11.2 Å². The van der Waals surface area contributed by atoms with Gasteiger partial charge >= 0.3 is 0 Å². The molecule has 5 heteroatoms. The van der Waals surface area contributed by atoms with Gasteiger partial charge in [0.15, 0.2) is 5.03 Å². The van der Waals surface area contributed by atoms with Gasteiger partial charge < -0.3 is 0 Å². The number of hydrogen-bond donors (Lipinski definition) is 0. The summed E-state index contributed by atoms with van der Waals surface area (Å²) < 4.78 is 0. The quantitative estimate of drug-likeness (QED) is 0.302. The van der Waals surface area contributed by atoms with Gasteiger partial charge in [0.1, 0.15) is 6.07 Å². The highest BCUT2D eigenvalue weighted by Gasteiger charge is 1.92. The maximum absolute atomic E-state index is 9.46. The van der Waals surface area contributed by atoms with Crippen LogP contribution in [0.1, 0.15) is 0 Å². The van der Waals surface area contributed by atoms with E-state index in [0.717, 1.165) is 0 Å². The van der Waals surface area contributed by atoms with Crippen LogP contribution < -0.4 is 0 Å². The van der Waals surface area contributed by atoms with Crippen LogP contribution in [0.25, 0.3) is 0 Å². The van der Waals surface area contributed by atoms with E-state index >= 15 is 0 Å². The van der Waals surface area contributed by atoms with Crippen LogP contribution in [0.2, 0.25) is 0 Å². The highest BCUT2D eigenvalue weighted by atomic mass is 35.5. The predicted molar refractivity (Wildman–Crippen MR) is 26.5 cm³/mol. The van der Waals surface area contributed by atoms with E-state index in [9.17, 15) is 10.1 Å². The first-order valence-corrected chi connectivity index (χ1v) is 1.95. The van der Waals surface area contributed by atoms with Gasteiger partial charge in [-0.05, 0) is 0 Å². The van der Waals surface area contributed by atoms with Crippen molar-refractivity contribution in [1.82, 2.24) is 0 Å². The number of allylic oxidation sites excluding steroid dienone is 1. The van der Waals surface area contributed by atoms with Gasteiger partial charge in [0.2, 0.25) is 0 Å². The Kier molecular flexibility index (Phi) is 2.59. The smallest absolute Gasteiger partial charge is 0.259 e. The average Bonchev–Trinajstić information content (AvgIpc) is 1.65. The average molecular weight is 133 g/mol. The first kappa shape index (κ1) is 6.92. The van der Waals surface area contributed by atoms with E-state index in [1.807, 2.05) is 0 Å². The Morgan fingerprint density at radius 1 is 2.00 bits per heavy atom. The summed E-state index contributed by atoms with van der Waals surface area (Å²) in [6.07, 6.45) is 0.432. The summed E-state index contributed by atoms with van der Waals surface area (Å²) >= 11 is 4.92. The molecule has 8 heavy (non-hydrogen) atoms. The fraction of sp³-hybridized carbons (Fsp3) is 0. The second-order valence-corrected chi connectivity index (χ2v) is 1.28. The Morgan fingerprint density at radius 2 is 2.50 bits per heavy atom. The fourth-order valence-corrected chi connectivity index (χ4v) is 0.201. The molecule has 0 atom stereocenters. The lowest BCUT2D eigenvalue weighted by Crippen LogP contribution is -1.83. The zero-order chi connectivity index (χ0) is 6.57. The van der Waals surface area contributed by atoms with Crippen molar-refractivity contribution in [2.45, 2.75) is 0 Å². The van der Waals surface area contributed by atoms with Crippen LogP contribution in [0.4, 0.5) is 0 Å². The van der Waals surface area contributed by atoms with E-state index in [-0.39, 0.29) is 0 Å². The molecule has 0 unspecified atom stereocenters. The van der Waals surface area contributed by atoms with E-state index in [4.69, 9.17) is 16.9 Å². The van der Waals surface area contributed by atoms with Crippen molar-refractivity contribution < 1.29 is 4.92 Å². The Bertz CT molecular complexity index is 169. The third kappa shape index (κ3) is 3.12. The van der Waals surface area contributed by atoms with Crippen molar-refractivity contribution in [2.24, 2.45) is 0 Å². The lowest BCUT2D eigenvalue weighted by Gasteiger charge is -1.73. The molecule has 0 saturated carbocycles. The molecule has 0 fully saturated rings. The van der Waals surface area contributed by atoms with Crippen molar-refractivity contribution in [3.05, 3.63) is 21.3 Å². The molecule has 0 radical (unpaired) electrons. The molecule has 0 aromatic carbocycles. The molecule has 0 aromatic heterocycles. The molecule has 0 spiro atoms. The minimum absolute atomic E-state index is 0.421. The number of nitrogens with zero attached hydrogens (tertiary/aromatic N) is 2. The maximum atomic E-state index is 9.46. The van der Waals surface area contributed by atoms with E-state index in [1.54, 1.807) is 0 Å². The Balaban J connectivity index is 4.01. The van der Waals surface area contributed by atoms with E-state index in [0.29, 0.717) is 6.20 Å². The summed E-state index contributed by atoms with van der Waals surface area (Å²) in [4.78, 5) is 8.68. The molecular formula is C3HClN2O2. The molecule has 0 aliphatic carbocycles. The molecule has 4 nitrogen and oxygen atoms in total. The van der Waals surface area contributed by atoms with Crippen LogP contribution in [-0.4, -0.2) is 4.92 Å². The largest absolute Gasteiger partial charge is 0.263 e. The standard InChI is InChI=1S/C3HClN2O2/c4-3(1-5)2-6(7)8/h2H/b3-2-. The molecule has 0 aliphatic rings. The normalized spacial score (nSPS) is 10.2. The second kappa shape index (κ2) is 2.99. The molecule has 0 N–H and O–H groups in total. The highest BCUT2D eigenvalue weighted by molar-refractivity contribution is 6.31. The molecule has 42 valence electrons. The van der Waals surface area contributed by atoms with Gasteiger partial charge in [0, 0.05) is 0 Å². The molecule has 0 rings (SSSR count). The van der Waals surface area contributed by atoms with Gasteiger partial charge in [0.05, 0.1) is 4.92 Å². The zero-order valence-electron chi connectivity index (χ0n) is 3.67. The van der Waals surface area contributed by atoms with Crippen molar-refractivity contribution in [2.75, 3.05) is 0 Å². The number of nitriles is 1. The molecule has 0 bridgehead atoms. The molecule has 0 aliphatic heterocycles. The number of halogens is 1. The molecule has 0 heterocycles. The van der Waals surface area contributed by atoms with Gasteiger partial charge in [-0.3, -0.25) is 10.1 Å². The van der Waals surface area contributed by atoms with Gasteiger partial charge in [-0.25, -0.2) is 0 Å². The van der Waals surface area contributed by atoms with Crippen molar-refractivity contribution >= 4 is 11.6 Å². The second-order valence-electron chi connectivity index (χ2n) is 0.874. The summed E-state index contributed by atoms with van der Waals surface area (Å²) in [7, 11) is 0. The fourth-order valence-electron chi connectivity index (χ4n) is 0.121. The predicted octanol–water partition coefficient (Wildman–Crippen LogP) is 0.867. The Morgan fingerprint density at radius 3 is 2.62 bits per heavy atom. The molecule has 0 saturated heterocycles. The molecule has 0 aromatic rings. The molecular weight excluding hydrogens is 131 g/mol. The first-order chi connectivity index (χ1) is 3.66. The SMILES string of the molecule is N#C/C(Cl)=C/[N+](=O)[O-]. The topological polar surface area (TPSA) is 66.9 Å². The summed E-state index contributed by atoms with van der Waals surface area (Å²) in [6, 6.07) is 1.38. The van der Waals surface area contributed by atoms with E-state index < -0.39 is 9.96 Å². The van der Waals surface area contributed by atoms with Crippen LogP contribution in [0.5, 0.6) is 0 Å². The lowest BCUT2D eigenvalue weighted by atomic mass is 10.7. The van der Waals surface area contributed by atoms with Gasteiger partial charge in [-0.15, -0.1) is 0 Å². The van der Waals surface area contributed by atoms with Crippen LogP contribution in [0, 0.1) is 21.4 Å². The third-order valence-corrected chi connectivity index (χ3v) is 0.508. The summed E-state index contributed by atoms with van der Waals surface area (Å²) in [6.45, 7) is 0. The summed E-state index contributed by atoms with van der Waals surface area (Å²) in [5.41, 5.74) is 0. The minimum atomic E-state index is -0.786. The van der Waals surface area contributed by atoms with Crippen molar-refractivity contribution in [3.8, 4) is 6.07 Å². The number of hydrogen-bond acceptors (Lipinski definition) is 3. The number of nitro groups is 1. The van der Waals surface area contributed by atoms with Crippen LogP contribution in [-0.2, 0) is 0 Å². The summed E-state index contributed by atoms with van der Waals surface area (Å²) in [5.74, 6) is 0. The van der Waals surface area contributed by atoms with Crippen LogP contribution in [0.3, 0.4) is 0 Å². The van der Waals surface area contributed by atoms with Crippen molar-refractivity contribution in [1.29, 1.82) is 5.26 Å². The zero-order valence-corrected chi connectivity index (χ0v) is 4.42. The highest BCUT2D eigenvalue weighted by Crippen LogP contribution is 1.95. The summed E-state index contributed by atoms with van der Waals surface area (Å²) in [5, 5.41) is 16.9. The lowest BCUT2D eigenvalue weighted by molar-refractivity contribution is -0.402. The first-order valence-electron chi connectivity index (χ1n) is 1.57.